The average molecular weight is 323 g/mol. The van der Waals surface area contributed by atoms with Crippen molar-refractivity contribution in [1.82, 2.24) is 24.6 Å². The molecule has 3 heterocycles. The summed E-state index contributed by atoms with van der Waals surface area (Å²) in [6.07, 6.45) is 3.13. The second-order valence-electron chi connectivity index (χ2n) is 4.79. The lowest BCUT2D eigenvalue weighted by Gasteiger charge is -2.26. The molecule has 9 heteroatoms. The highest BCUT2D eigenvalue weighted by Gasteiger charge is 2.18. The maximum atomic E-state index is 12.2. The predicted molar refractivity (Wildman–Crippen MR) is 80.5 cm³/mol. The van der Waals surface area contributed by atoms with Gasteiger partial charge in [0, 0.05) is 13.1 Å². The van der Waals surface area contributed by atoms with Crippen molar-refractivity contribution in [2.45, 2.75) is 11.6 Å². The van der Waals surface area contributed by atoms with Gasteiger partial charge < -0.3 is 14.7 Å². The zero-order valence-electron chi connectivity index (χ0n) is 12.0. The SMILES string of the molecule is O=C(CSc1ncnc2c1cnn2CCO)N1CCOCC1. The van der Waals surface area contributed by atoms with E-state index >= 15 is 0 Å². The second-order valence-corrected chi connectivity index (χ2v) is 5.75. The molecule has 8 nitrogen and oxygen atoms in total. The van der Waals surface area contributed by atoms with E-state index in [1.54, 1.807) is 10.9 Å². The van der Waals surface area contributed by atoms with Crippen LogP contribution >= 0.6 is 11.8 Å². The zero-order chi connectivity index (χ0) is 15.4. The van der Waals surface area contributed by atoms with E-state index in [1.807, 2.05) is 4.90 Å². The monoisotopic (exact) mass is 323 g/mol. The first-order valence-corrected chi connectivity index (χ1v) is 8.04. The lowest BCUT2D eigenvalue weighted by Crippen LogP contribution is -2.41. The standard InChI is InChI=1S/C13H17N5O3S/c19-4-1-18-12-10(7-16-18)13(15-9-14-12)22-8-11(20)17-2-5-21-6-3-17/h7,9,19H,1-6,8H2. The maximum absolute atomic E-state index is 12.2. The molecule has 2 aromatic rings. The fraction of sp³-hybridized carbons (Fsp3) is 0.538. The van der Waals surface area contributed by atoms with Crippen LogP contribution in [0.4, 0.5) is 0 Å². The molecule has 1 N–H and O–H groups in total. The molecule has 3 rings (SSSR count). The van der Waals surface area contributed by atoms with Crippen LogP contribution in [0.3, 0.4) is 0 Å². The van der Waals surface area contributed by atoms with Crippen LogP contribution in [-0.4, -0.2) is 74.3 Å². The topological polar surface area (TPSA) is 93.4 Å². The van der Waals surface area contributed by atoms with Gasteiger partial charge in [-0.2, -0.15) is 5.10 Å². The van der Waals surface area contributed by atoms with Crippen molar-refractivity contribution in [3.05, 3.63) is 12.5 Å². The highest BCUT2D eigenvalue weighted by atomic mass is 32.2. The third-order valence-corrected chi connectivity index (χ3v) is 4.40. The molecule has 1 fully saturated rings. The first kappa shape index (κ1) is 15.2. The van der Waals surface area contributed by atoms with Gasteiger partial charge in [0.15, 0.2) is 5.65 Å². The normalized spacial score (nSPS) is 15.4. The van der Waals surface area contributed by atoms with Crippen molar-refractivity contribution in [3.8, 4) is 0 Å². The summed E-state index contributed by atoms with van der Waals surface area (Å²) in [5.74, 6) is 0.417. The quantitative estimate of drug-likeness (QED) is 0.600. The van der Waals surface area contributed by atoms with Gasteiger partial charge in [0.2, 0.25) is 5.91 Å². The van der Waals surface area contributed by atoms with Crippen LogP contribution < -0.4 is 0 Å². The van der Waals surface area contributed by atoms with Gasteiger partial charge in [-0.05, 0) is 0 Å². The summed E-state index contributed by atoms with van der Waals surface area (Å²) < 4.78 is 6.87. The number of thioether (sulfide) groups is 1. The molecule has 0 saturated carbocycles. The molecule has 0 aromatic carbocycles. The fourth-order valence-corrected chi connectivity index (χ4v) is 3.14. The second kappa shape index (κ2) is 7.03. The number of nitrogens with zero attached hydrogens (tertiary/aromatic N) is 5. The molecule has 1 saturated heterocycles. The Labute approximate surface area is 131 Å². The average Bonchev–Trinajstić information content (AvgIpc) is 2.97. The van der Waals surface area contributed by atoms with Gasteiger partial charge in [-0.25, -0.2) is 14.6 Å². The molecule has 2 aromatic heterocycles. The largest absolute Gasteiger partial charge is 0.394 e. The highest BCUT2D eigenvalue weighted by molar-refractivity contribution is 8.00. The molecule has 0 atom stereocenters. The Hall–Kier alpha value is -1.71. The summed E-state index contributed by atoms with van der Waals surface area (Å²) in [5.41, 5.74) is 0.672. The van der Waals surface area contributed by atoms with Crippen LogP contribution in [0, 0.1) is 0 Å². The van der Waals surface area contributed by atoms with Gasteiger partial charge >= 0.3 is 0 Å². The molecule has 0 spiro atoms. The van der Waals surface area contributed by atoms with Gasteiger partial charge in [0.05, 0.1) is 43.7 Å². The van der Waals surface area contributed by atoms with Crippen molar-refractivity contribution in [2.75, 3.05) is 38.7 Å². The number of fused-ring (bicyclic) bond motifs is 1. The Balaban J connectivity index is 1.69. The van der Waals surface area contributed by atoms with Crippen LogP contribution in [0.5, 0.6) is 0 Å². The Morgan fingerprint density at radius 2 is 2.18 bits per heavy atom. The lowest BCUT2D eigenvalue weighted by molar-refractivity contribution is -0.132. The summed E-state index contributed by atoms with van der Waals surface area (Å²) in [6.45, 7) is 2.88. The molecule has 22 heavy (non-hydrogen) atoms. The van der Waals surface area contributed by atoms with Crippen molar-refractivity contribution < 1.29 is 14.6 Å². The third kappa shape index (κ3) is 3.21. The van der Waals surface area contributed by atoms with E-state index in [4.69, 9.17) is 9.84 Å². The number of aliphatic hydroxyl groups is 1. The van der Waals surface area contributed by atoms with E-state index in [2.05, 4.69) is 15.1 Å². The van der Waals surface area contributed by atoms with E-state index in [1.165, 1.54) is 18.1 Å². The fourth-order valence-electron chi connectivity index (χ4n) is 2.28. The van der Waals surface area contributed by atoms with E-state index in [9.17, 15) is 4.79 Å². The number of morpholine rings is 1. The Kier molecular flexibility index (Phi) is 4.86. The molecule has 118 valence electrons. The summed E-state index contributed by atoms with van der Waals surface area (Å²) in [7, 11) is 0. The molecular formula is C13H17N5O3S. The number of carbonyl (C=O) groups excluding carboxylic acids is 1. The number of ether oxygens (including phenoxy) is 1. The van der Waals surface area contributed by atoms with Crippen molar-refractivity contribution in [2.24, 2.45) is 0 Å². The van der Waals surface area contributed by atoms with Gasteiger partial charge in [-0.3, -0.25) is 4.79 Å². The molecule has 1 aliphatic rings. The van der Waals surface area contributed by atoms with E-state index in [0.717, 1.165) is 10.4 Å². The minimum absolute atomic E-state index is 0.00121. The minimum Gasteiger partial charge on any atom is -0.394 e. The molecule has 0 radical (unpaired) electrons. The molecule has 0 aliphatic carbocycles. The first-order valence-electron chi connectivity index (χ1n) is 7.05. The van der Waals surface area contributed by atoms with E-state index < -0.39 is 0 Å². The number of hydrogen-bond donors (Lipinski definition) is 1. The maximum Gasteiger partial charge on any atom is 0.233 e. The predicted octanol–water partition coefficient (Wildman–Crippen LogP) is -0.231. The third-order valence-electron chi connectivity index (χ3n) is 3.40. The number of rotatable bonds is 5. The van der Waals surface area contributed by atoms with Crippen molar-refractivity contribution >= 4 is 28.7 Å². The minimum atomic E-state index is -0.00121. The number of aliphatic hydroxyl groups excluding tert-OH is 1. The van der Waals surface area contributed by atoms with Crippen LogP contribution in [-0.2, 0) is 16.1 Å². The van der Waals surface area contributed by atoms with Crippen molar-refractivity contribution in [1.29, 1.82) is 0 Å². The molecule has 0 bridgehead atoms. The summed E-state index contributed by atoms with van der Waals surface area (Å²) in [5, 5.41) is 14.7. The smallest absolute Gasteiger partial charge is 0.233 e. The molecule has 1 amide bonds. The summed E-state index contributed by atoms with van der Waals surface area (Å²) in [4.78, 5) is 22.4. The Bertz CT molecular complexity index is 656. The number of hydrogen-bond acceptors (Lipinski definition) is 7. The molecule has 0 unspecified atom stereocenters. The van der Waals surface area contributed by atoms with Crippen molar-refractivity contribution in [3.63, 3.8) is 0 Å². The van der Waals surface area contributed by atoms with Crippen LogP contribution in [0.15, 0.2) is 17.6 Å². The highest BCUT2D eigenvalue weighted by Crippen LogP contribution is 2.24. The summed E-state index contributed by atoms with van der Waals surface area (Å²) >= 11 is 1.38. The number of amides is 1. The Morgan fingerprint density at radius 3 is 2.95 bits per heavy atom. The van der Waals surface area contributed by atoms with Crippen LogP contribution in [0.1, 0.15) is 0 Å². The molecular weight excluding hydrogens is 306 g/mol. The number of carbonyl (C=O) groups is 1. The number of aromatic nitrogens is 4. The first-order chi connectivity index (χ1) is 10.8. The van der Waals surface area contributed by atoms with Gasteiger partial charge in [0.1, 0.15) is 11.4 Å². The van der Waals surface area contributed by atoms with Gasteiger partial charge in [-0.15, -0.1) is 0 Å². The van der Waals surface area contributed by atoms with Crippen LogP contribution in [0.25, 0.3) is 11.0 Å². The summed E-state index contributed by atoms with van der Waals surface area (Å²) in [6, 6.07) is 0. The molecule has 1 aliphatic heterocycles. The van der Waals surface area contributed by atoms with E-state index in [0.29, 0.717) is 44.2 Å². The van der Waals surface area contributed by atoms with E-state index in [-0.39, 0.29) is 12.5 Å². The zero-order valence-corrected chi connectivity index (χ0v) is 12.8. The Morgan fingerprint density at radius 1 is 1.36 bits per heavy atom. The van der Waals surface area contributed by atoms with Crippen LogP contribution in [0.2, 0.25) is 0 Å². The lowest BCUT2D eigenvalue weighted by atomic mass is 10.4. The van der Waals surface area contributed by atoms with Gasteiger partial charge in [0.25, 0.3) is 0 Å². The van der Waals surface area contributed by atoms with Gasteiger partial charge in [-0.1, -0.05) is 11.8 Å².